The Morgan fingerprint density at radius 1 is 1.16 bits per heavy atom. The maximum absolute atomic E-state index is 12.0. The van der Waals surface area contributed by atoms with Crippen LogP contribution in [0, 0.1) is 0 Å². The van der Waals surface area contributed by atoms with Crippen LogP contribution in [0.3, 0.4) is 0 Å². The lowest BCUT2D eigenvalue weighted by Crippen LogP contribution is -2.35. The fraction of sp³-hybridized carbons (Fsp3) is 0.500. The lowest BCUT2D eigenvalue weighted by atomic mass is 10.0. The van der Waals surface area contributed by atoms with E-state index in [0.717, 1.165) is 31.4 Å². The smallest absolute Gasteiger partial charge is 0.227 e. The standard InChI is InChI=1S/C14H19NO3S/c16-14-9-8-12-6-2-3-7-13(12)15(14)10-4-1-5-11-19(17)18/h2-3,6-7H,1,4-5,8-11H2,(H,17,18). The van der Waals surface area contributed by atoms with Gasteiger partial charge in [0.05, 0.1) is 0 Å². The number of carbonyl (C=O) groups excluding carboxylic acids is 1. The number of hydrogen-bond acceptors (Lipinski definition) is 2. The second kappa shape index (κ2) is 6.82. The molecule has 1 aliphatic heterocycles. The van der Waals surface area contributed by atoms with Crippen LogP contribution in [0.1, 0.15) is 31.2 Å². The van der Waals surface area contributed by atoms with Crippen molar-refractivity contribution in [3.63, 3.8) is 0 Å². The first-order valence-electron chi connectivity index (χ1n) is 6.64. The van der Waals surface area contributed by atoms with Gasteiger partial charge in [-0.25, -0.2) is 4.21 Å². The lowest BCUT2D eigenvalue weighted by Gasteiger charge is -2.29. The molecule has 19 heavy (non-hydrogen) atoms. The van der Waals surface area contributed by atoms with Crippen LogP contribution in [-0.4, -0.2) is 27.0 Å². The van der Waals surface area contributed by atoms with Crippen molar-refractivity contribution in [1.29, 1.82) is 0 Å². The predicted molar refractivity (Wildman–Crippen MR) is 76.6 cm³/mol. The van der Waals surface area contributed by atoms with Crippen molar-refractivity contribution in [2.45, 2.75) is 32.1 Å². The first kappa shape index (κ1) is 14.2. The molecule has 1 aromatic rings. The summed E-state index contributed by atoms with van der Waals surface area (Å²) in [6, 6.07) is 8.03. The van der Waals surface area contributed by atoms with E-state index in [0.29, 0.717) is 18.7 Å². The molecule has 104 valence electrons. The summed E-state index contributed by atoms with van der Waals surface area (Å²) in [7, 11) is 0. The Morgan fingerprint density at radius 2 is 1.95 bits per heavy atom. The van der Waals surface area contributed by atoms with Gasteiger partial charge in [-0.05, 0) is 30.9 Å². The molecule has 0 saturated carbocycles. The number of unbranched alkanes of at least 4 members (excludes halogenated alkanes) is 2. The molecule has 0 fully saturated rings. The number of aryl methyl sites for hydroxylation is 1. The second-order valence-electron chi connectivity index (χ2n) is 4.76. The summed E-state index contributed by atoms with van der Waals surface area (Å²) < 4.78 is 19.2. The number of amides is 1. The Labute approximate surface area is 116 Å². The van der Waals surface area contributed by atoms with Crippen LogP contribution in [0.15, 0.2) is 24.3 Å². The van der Waals surface area contributed by atoms with Crippen LogP contribution < -0.4 is 4.90 Å². The number of nitrogens with zero attached hydrogens (tertiary/aromatic N) is 1. The minimum Gasteiger partial charge on any atom is -0.312 e. The van der Waals surface area contributed by atoms with Gasteiger partial charge in [0.25, 0.3) is 0 Å². The summed E-state index contributed by atoms with van der Waals surface area (Å²) in [6.45, 7) is 0.702. The number of benzene rings is 1. The molecule has 0 saturated heterocycles. The molecule has 0 bridgehead atoms. The van der Waals surface area contributed by atoms with Gasteiger partial charge in [-0.1, -0.05) is 24.6 Å². The normalized spacial score (nSPS) is 16.3. The zero-order valence-electron chi connectivity index (χ0n) is 10.9. The molecule has 1 aromatic carbocycles. The summed E-state index contributed by atoms with van der Waals surface area (Å²) >= 11 is -1.70. The Balaban J connectivity index is 1.89. The maximum Gasteiger partial charge on any atom is 0.227 e. The van der Waals surface area contributed by atoms with Gasteiger partial charge in [0.15, 0.2) is 11.1 Å². The highest BCUT2D eigenvalue weighted by molar-refractivity contribution is 7.79. The molecule has 5 heteroatoms. The molecule has 1 N–H and O–H groups in total. The van der Waals surface area contributed by atoms with E-state index in [1.165, 1.54) is 5.56 Å². The fourth-order valence-corrected chi connectivity index (χ4v) is 2.86. The Kier molecular flexibility index (Phi) is 5.10. The summed E-state index contributed by atoms with van der Waals surface area (Å²) in [5.74, 6) is 0.509. The maximum atomic E-state index is 12.0. The summed E-state index contributed by atoms with van der Waals surface area (Å²) in [5, 5.41) is 0. The average Bonchev–Trinajstić information content (AvgIpc) is 2.40. The number of fused-ring (bicyclic) bond motifs is 1. The van der Waals surface area contributed by atoms with E-state index in [1.54, 1.807) is 0 Å². The van der Waals surface area contributed by atoms with E-state index in [1.807, 2.05) is 23.1 Å². The zero-order valence-corrected chi connectivity index (χ0v) is 11.7. The third-order valence-electron chi connectivity index (χ3n) is 3.39. The highest BCUT2D eigenvalue weighted by Crippen LogP contribution is 2.27. The molecule has 1 heterocycles. The minimum absolute atomic E-state index is 0.185. The first-order chi connectivity index (χ1) is 9.18. The first-order valence-corrected chi connectivity index (χ1v) is 7.92. The van der Waals surface area contributed by atoms with E-state index in [2.05, 4.69) is 6.07 Å². The van der Waals surface area contributed by atoms with Gasteiger partial charge in [0.2, 0.25) is 5.91 Å². The molecule has 0 radical (unpaired) electrons. The van der Waals surface area contributed by atoms with E-state index >= 15 is 0 Å². The monoisotopic (exact) mass is 281 g/mol. The van der Waals surface area contributed by atoms with Crippen molar-refractivity contribution in [2.75, 3.05) is 17.2 Å². The number of hydrogen-bond donors (Lipinski definition) is 1. The predicted octanol–water partition coefficient (Wildman–Crippen LogP) is 2.36. The van der Waals surface area contributed by atoms with Gasteiger partial charge in [0.1, 0.15) is 0 Å². The van der Waals surface area contributed by atoms with E-state index in [9.17, 15) is 9.00 Å². The Hall–Kier alpha value is -1.20. The second-order valence-corrected chi connectivity index (χ2v) is 5.81. The number of carbonyl (C=O) groups is 1. The summed E-state index contributed by atoms with van der Waals surface area (Å²) in [6.07, 6.45) is 3.88. The van der Waals surface area contributed by atoms with E-state index < -0.39 is 11.1 Å². The van der Waals surface area contributed by atoms with Crippen LogP contribution in [0.4, 0.5) is 5.69 Å². The summed E-state index contributed by atoms with van der Waals surface area (Å²) in [5.41, 5.74) is 2.27. The topological polar surface area (TPSA) is 57.6 Å². The van der Waals surface area contributed by atoms with Gasteiger partial charge in [-0.15, -0.1) is 0 Å². The van der Waals surface area contributed by atoms with Crippen LogP contribution in [0.25, 0.3) is 0 Å². The Bertz CT molecular complexity index is 476. The van der Waals surface area contributed by atoms with Gasteiger partial charge in [-0.3, -0.25) is 4.79 Å². The molecule has 0 aromatic heterocycles. The van der Waals surface area contributed by atoms with Crippen molar-refractivity contribution in [1.82, 2.24) is 0 Å². The van der Waals surface area contributed by atoms with Crippen molar-refractivity contribution in [2.24, 2.45) is 0 Å². The molecule has 0 spiro atoms. The molecule has 1 atom stereocenters. The SMILES string of the molecule is O=C1CCc2ccccc2N1CCCCCS(=O)O. The zero-order chi connectivity index (χ0) is 13.7. The van der Waals surface area contributed by atoms with Gasteiger partial charge in [0, 0.05) is 24.4 Å². The number of anilines is 1. The van der Waals surface area contributed by atoms with Crippen LogP contribution in [0.5, 0.6) is 0 Å². The molecule has 2 rings (SSSR count). The fourth-order valence-electron chi connectivity index (χ4n) is 2.41. The molecule has 0 aliphatic carbocycles. The molecule has 1 unspecified atom stereocenters. The average molecular weight is 281 g/mol. The van der Waals surface area contributed by atoms with Crippen molar-refractivity contribution >= 4 is 22.7 Å². The quantitative estimate of drug-likeness (QED) is 0.643. The Morgan fingerprint density at radius 3 is 2.74 bits per heavy atom. The summed E-state index contributed by atoms with van der Waals surface area (Å²) in [4.78, 5) is 13.8. The largest absolute Gasteiger partial charge is 0.312 e. The van der Waals surface area contributed by atoms with Crippen molar-refractivity contribution in [3.8, 4) is 0 Å². The van der Waals surface area contributed by atoms with Gasteiger partial charge >= 0.3 is 0 Å². The molecular weight excluding hydrogens is 262 g/mol. The third kappa shape index (κ3) is 3.88. The minimum atomic E-state index is -1.70. The van der Waals surface area contributed by atoms with Gasteiger partial charge in [-0.2, -0.15) is 0 Å². The highest BCUT2D eigenvalue weighted by Gasteiger charge is 2.22. The van der Waals surface area contributed by atoms with Crippen LogP contribution in [-0.2, 0) is 22.3 Å². The number of para-hydroxylation sites is 1. The van der Waals surface area contributed by atoms with E-state index in [4.69, 9.17) is 4.55 Å². The molecule has 1 amide bonds. The molecule has 1 aliphatic rings. The molecule has 4 nitrogen and oxygen atoms in total. The molecular formula is C14H19NO3S. The van der Waals surface area contributed by atoms with Crippen LogP contribution in [0.2, 0.25) is 0 Å². The van der Waals surface area contributed by atoms with Crippen molar-refractivity contribution < 1.29 is 13.6 Å². The highest BCUT2D eigenvalue weighted by atomic mass is 32.2. The lowest BCUT2D eigenvalue weighted by molar-refractivity contribution is -0.118. The van der Waals surface area contributed by atoms with Crippen LogP contribution >= 0.6 is 0 Å². The number of rotatable bonds is 6. The van der Waals surface area contributed by atoms with E-state index in [-0.39, 0.29) is 5.91 Å². The van der Waals surface area contributed by atoms with Crippen molar-refractivity contribution in [3.05, 3.63) is 29.8 Å². The van der Waals surface area contributed by atoms with Gasteiger partial charge < -0.3 is 9.45 Å². The third-order valence-corrected chi connectivity index (χ3v) is 4.03.